The number of carbonyl (C=O) groups excluding carboxylic acids is 1. The van der Waals surface area contributed by atoms with Crippen LogP contribution in [0.5, 0.6) is 0 Å². The molecule has 0 spiro atoms. The zero-order chi connectivity index (χ0) is 23.8. The van der Waals surface area contributed by atoms with Gasteiger partial charge in [0, 0.05) is 64.7 Å². The molecule has 0 saturated carbocycles. The minimum Gasteiger partial charge on any atom is -0.378 e. The van der Waals surface area contributed by atoms with Gasteiger partial charge >= 0.3 is 6.03 Å². The number of hydrogen-bond donors (Lipinski definition) is 2. The zero-order valence-electron chi connectivity index (χ0n) is 20.2. The fraction of sp³-hybridized carbons (Fsp3) is 0.321. The maximum Gasteiger partial charge on any atom is 0.315 e. The highest BCUT2D eigenvalue weighted by Crippen LogP contribution is 2.25. The number of benzene rings is 3. The van der Waals surface area contributed by atoms with Gasteiger partial charge in [-0.25, -0.2) is 4.79 Å². The van der Waals surface area contributed by atoms with E-state index in [9.17, 15) is 4.79 Å². The normalized spacial score (nSPS) is 14.9. The molecule has 178 valence electrons. The highest BCUT2D eigenvalue weighted by atomic mass is 16.2. The van der Waals surface area contributed by atoms with E-state index in [1.54, 1.807) is 0 Å². The molecule has 0 bridgehead atoms. The van der Waals surface area contributed by atoms with Crippen LogP contribution in [0.25, 0.3) is 0 Å². The summed E-state index contributed by atoms with van der Waals surface area (Å²) in [6.07, 6.45) is 0. The molecule has 2 amide bonds. The predicted molar refractivity (Wildman–Crippen MR) is 140 cm³/mol. The van der Waals surface area contributed by atoms with Crippen LogP contribution in [0.1, 0.15) is 17.2 Å². The summed E-state index contributed by atoms with van der Waals surface area (Å²) in [5.74, 6) is 0. The average Bonchev–Trinajstić information content (AvgIpc) is 2.89. The van der Waals surface area contributed by atoms with E-state index in [-0.39, 0.29) is 12.1 Å². The van der Waals surface area contributed by atoms with Gasteiger partial charge < -0.3 is 20.4 Å². The fourth-order valence-corrected chi connectivity index (χ4v) is 4.41. The molecule has 1 atom stereocenters. The topological polar surface area (TPSA) is 50.9 Å². The summed E-state index contributed by atoms with van der Waals surface area (Å²) in [6.45, 7) is 4.91. The van der Waals surface area contributed by atoms with Crippen LogP contribution in [0, 0.1) is 0 Å². The van der Waals surface area contributed by atoms with Crippen molar-refractivity contribution in [3.05, 3.63) is 96.1 Å². The Kier molecular flexibility index (Phi) is 8.04. The Morgan fingerprint density at radius 1 is 0.824 bits per heavy atom. The molecule has 1 aliphatic heterocycles. The van der Waals surface area contributed by atoms with Gasteiger partial charge in [0.15, 0.2) is 0 Å². The number of para-hydroxylation sites is 1. The zero-order valence-corrected chi connectivity index (χ0v) is 20.2. The molecule has 0 aromatic heterocycles. The fourth-order valence-electron chi connectivity index (χ4n) is 4.41. The minimum atomic E-state index is -0.137. The Hall–Kier alpha value is -3.51. The van der Waals surface area contributed by atoms with Crippen molar-refractivity contribution in [3.63, 3.8) is 0 Å². The number of nitrogens with zero attached hydrogens (tertiary/aromatic N) is 3. The lowest BCUT2D eigenvalue weighted by molar-refractivity contribution is 0.180. The van der Waals surface area contributed by atoms with Crippen molar-refractivity contribution >= 4 is 17.4 Å². The van der Waals surface area contributed by atoms with Crippen LogP contribution in [-0.2, 0) is 6.54 Å². The van der Waals surface area contributed by atoms with Gasteiger partial charge in [0.1, 0.15) is 0 Å². The lowest BCUT2D eigenvalue weighted by Crippen LogP contribution is -2.50. The van der Waals surface area contributed by atoms with Gasteiger partial charge in [-0.1, -0.05) is 60.7 Å². The molecule has 1 aliphatic rings. The van der Waals surface area contributed by atoms with Crippen LogP contribution in [0.15, 0.2) is 84.9 Å². The van der Waals surface area contributed by atoms with Crippen LogP contribution < -0.4 is 20.4 Å². The summed E-state index contributed by atoms with van der Waals surface area (Å²) < 4.78 is 0. The molecule has 4 rings (SSSR count). The second-order valence-electron chi connectivity index (χ2n) is 8.91. The van der Waals surface area contributed by atoms with E-state index in [2.05, 4.69) is 79.9 Å². The lowest BCUT2D eigenvalue weighted by Gasteiger charge is -2.40. The maximum absolute atomic E-state index is 12.6. The Morgan fingerprint density at radius 2 is 1.44 bits per heavy atom. The first-order valence-corrected chi connectivity index (χ1v) is 12.0. The van der Waals surface area contributed by atoms with Crippen LogP contribution in [-0.4, -0.2) is 57.8 Å². The Balaban J connectivity index is 1.40. The van der Waals surface area contributed by atoms with Crippen molar-refractivity contribution in [2.45, 2.75) is 12.6 Å². The van der Waals surface area contributed by atoms with E-state index in [1.807, 2.05) is 44.4 Å². The van der Waals surface area contributed by atoms with Gasteiger partial charge in [0.05, 0.1) is 6.04 Å². The largest absolute Gasteiger partial charge is 0.378 e. The Morgan fingerprint density at radius 3 is 2.06 bits per heavy atom. The van der Waals surface area contributed by atoms with Crippen molar-refractivity contribution in [1.29, 1.82) is 0 Å². The van der Waals surface area contributed by atoms with Gasteiger partial charge in [0.2, 0.25) is 0 Å². The molecular weight excluding hydrogens is 422 g/mol. The van der Waals surface area contributed by atoms with Crippen molar-refractivity contribution < 1.29 is 4.79 Å². The van der Waals surface area contributed by atoms with Gasteiger partial charge in [0.25, 0.3) is 0 Å². The third-order valence-electron chi connectivity index (χ3n) is 6.42. The number of carbonyl (C=O) groups is 1. The Labute approximate surface area is 203 Å². The third kappa shape index (κ3) is 6.29. The molecule has 1 fully saturated rings. The molecule has 1 saturated heterocycles. The molecule has 3 aromatic rings. The summed E-state index contributed by atoms with van der Waals surface area (Å²) >= 11 is 0. The molecule has 1 unspecified atom stereocenters. The van der Waals surface area contributed by atoms with E-state index in [4.69, 9.17) is 0 Å². The highest BCUT2D eigenvalue weighted by molar-refractivity contribution is 5.73. The molecule has 6 nitrogen and oxygen atoms in total. The first-order chi connectivity index (χ1) is 16.6. The summed E-state index contributed by atoms with van der Waals surface area (Å²) in [7, 11) is 4.10. The second-order valence-corrected chi connectivity index (χ2v) is 8.91. The standard InChI is InChI=1S/C28H35N5O/c1-31(2)25-15-13-24(14-16-25)27(22-30-28(34)29-21-23-9-5-3-6-10-23)33-19-17-32(18-20-33)26-11-7-4-8-12-26/h3-16,27H,17-22H2,1-2H3,(H2,29,30,34). The van der Waals surface area contributed by atoms with Gasteiger partial charge in [-0.2, -0.15) is 0 Å². The van der Waals surface area contributed by atoms with Crippen LogP contribution in [0.2, 0.25) is 0 Å². The van der Waals surface area contributed by atoms with Crippen LogP contribution >= 0.6 is 0 Å². The molecule has 6 heteroatoms. The van der Waals surface area contributed by atoms with E-state index < -0.39 is 0 Å². The first-order valence-electron chi connectivity index (χ1n) is 12.0. The summed E-state index contributed by atoms with van der Waals surface area (Å²) in [4.78, 5) is 19.6. The molecule has 1 heterocycles. The highest BCUT2D eigenvalue weighted by Gasteiger charge is 2.26. The number of hydrogen-bond acceptors (Lipinski definition) is 4. The Bertz CT molecular complexity index is 1020. The predicted octanol–water partition coefficient (Wildman–Crippen LogP) is 4.12. The monoisotopic (exact) mass is 457 g/mol. The third-order valence-corrected chi connectivity index (χ3v) is 6.42. The lowest BCUT2D eigenvalue weighted by atomic mass is 10.0. The number of rotatable bonds is 8. The number of piperazine rings is 1. The van der Waals surface area contributed by atoms with Crippen LogP contribution in [0.3, 0.4) is 0 Å². The number of urea groups is 1. The van der Waals surface area contributed by atoms with Crippen molar-refractivity contribution in [2.24, 2.45) is 0 Å². The smallest absolute Gasteiger partial charge is 0.315 e. The number of anilines is 2. The molecule has 0 aliphatic carbocycles. The molecule has 2 N–H and O–H groups in total. The minimum absolute atomic E-state index is 0.122. The summed E-state index contributed by atoms with van der Waals surface area (Å²) in [5.41, 5.74) is 4.75. The van der Waals surface area contributed by atoms with Gasteiger partial charge in [-0.3, -0.25) is 4.90 Å². The van der Waals surface area contributed by atoms with Gasteiger partial charge in [-0.15, -0.1) is 0 Å². The van der Waals surface area contributed by atoms with Crippen LogP contribution in [0.4, 0.5) is 16.2 Å². The number of nitrogens with one attached hydrogen (secondary N) is 2. The van der Waals surface area contributed by atoms with E-state index in [0.717, 1.165) is 31.7 Å². The van der Waals surface area contributed by atoms with Crippen molar-refractivity contribution in [1.82, 2.24) is 15.5 Å². The number of amides is 2. The summed E-state index contributed by atoms with van der Waals surface area (Å²) in [6, 6.07) is 29.2. The van der Waals surface area contributed by atoms with E-state index in [0.29, 0.717) is 13.1 Å². The molecule has 0 radical (unpaired) electrons. The molecule has 3 aromatic carbocycles. The quantitative estimate of drug-likeness (QED) is 0.534. The molecular formula is C28H35N5O. The summed E-state index contributed by atoms with van der Waals surface area (Å²) in [5, 5.41) is 6.09. The van der Waals surface area contributed by atoms with Crippen molar-refractivity contribution in [2.75, 3.05) is 56.6 Å². The second kappa shape index (κ2) is 11.6. The van der Waals surface area contributed by atoms with E-state index >= 15 is 0 Å². The average molecular weight is 458 g/mol. The molecule has 34 heavy (non-hydrogen) atoms. The van der Waals surface area contributed by atoms with Gasteiger partial charge in [-0.05, 0) is 35.4 Å². The SMILES string of the molecule is CN(C)c1ccc(C(CNC(=O)NCc2ccccc2)N2CCN(c3ccccc3)CC2)cc1. The first kappa shape index (κ1) is 23.6. The maximum atomic E-state index is 12.6. The van der Waals surface area contributed by atoms with E-state index in [1.165, 1.54) is 16.9 Å². The van der Waals surface area contributed by atoms with Crippen molar-refractivity contribution in [3.8, 4) is 0 Å².